The summed E-state index contributed by atoms with van der Waals surface area (Å²) < 4.78 is 0. The van der Waals surface area contributed by atoms with Gasteiger partial charge in [0.1, 0.15) is 0 Å². The van der Waals surface area contributed by atoms with E-state index in [9.17, 15) is 0 Å². The molecule has 0 aromatic rings. The Balaban J connectivity index is 0. The molecule has 7 heavy (non-hydrogen) atoms. The zero-order chi connectivity index (χ0) is 4.99. The maximum absolute atomic E-state index is 7.64. The average Bonchev–Trinajstić information content (AvgIpc) is 1.35. The van der Waals surface area contributed by atoms with Crippen LogP contribution in [0.3, 0.4) is 0 Å². The summed E-state index contributed by atoms with van der Waals surface area (Å²) in [5, 5.41) is 7.64. The Kier molecular flexibility index (Phi) is 6.79. The van der Waals surface area contributed by atoms with Crippen molar-refractivity contribution >= 4 is 18.4 Å². The third kappa shape index (κ3) is 11.2. The quantitative estimate of drug-likeness (QED) is 0.248. The molecule has 0 fully saturated rings. The largest absolute Gasteiger partial charge is 0.369 e. The Morgan fingerprint density at radius 2 is 2.00 bits per heavy atom. The molecule has 0 saturated heterocycles. The molecule has 0 aliphatic rings. The highest BCUT2D eigenvalue weighted by atomic mass is 35.5. The molecule has 0 unspecified atom stereocenters. The number of rotatable bonds is 0. The molecule has 0 aliphatic heterocycles. The van der Waals surface area contributed by atoms with Crippen LogP contribution < -0.4 is 11.5 Å². The summed E-state index contributed by atoms with van der Waals surface area (Å²) in [4.78, 5) is 2.90. The molecule has 0 spiro atoms. The Morgan fingerprint density at radius 1 is 1.57 bits per heavy atom. The molecule has 0 aliphatic carbocycles. The van der Waals surface area contributed by atoms with Gasteiger partial charge in [-0.1, -0.05) is 0 Å². The average molecular weight is 121 g/mol. The van der Waals surface area contributed by atoms with Crippen LogP contribution in [0.25, 0.3) is 0 Å². The van der Waals surface area contributed by atoms with E-state index in [0.29, 0.717) is 0 Å². The van der Waals surface area contributed by atoms with Crippen molar-refractivity contribution in [2.24, 2.45) is 16.5 Å². The van der Waals surface area contributed by atoms with Crippen molar-refractivity contribution < 1.29 is 0 Å². The lowest BCUT2D eigenvalue weighted by Gasteiger charge is -1.74. The summed E-state index contributed by atoms with van der Waals surface area (Å²) in [6.45, 7) is 0. The molecule has 0 bridgehead atoms. The Labute approximate surface area is 47.2 Å². The fourth-order valence-corrected chi connectivity index (χ4v) is 0.0577. The number of aliphatic imine (C=N–C) groups is 1. The molecular formula is C2H5ClN4. The minimum Gasteiger partial charge on any atom is -0.369 e. The molecule has 0 aromatic heterocycles. The van der Waals surface area contributed by atoms with Crippen LogP contribution in [0.2, 0.25) is 0 Å². The number of hydrogen-bond donors (Lipinski definition) is 2. The third-order valence-electron chi connectivity index (χ3n) is 0.179. The van der Waals surface area contributed by atoms with Crippen LogP contribution in [0.1, 0.15) is 0 Å². The zero-order valence-electron chi connectivity index (χ0n) is 3.46. The molecule has 5 heteroatoms. The molecule has 0 amide bonds. The summed E-state index contributed by atoms with van der Waals surface area (Å²) in [7, 11) is 0. The van der Waals surface area contributed by atoms with E-state index >= 15 is 0 Å². The minimum atomic E-state index is -0.197. The van der Waals surface area contributed by atoms with Crippen LogP contribution in [-0.4, -0.2) is 5.96 Å². The third-order valence-corrected chi connectivity index (χ3v) is 0.179. The monoisotopic (exact) mass is 120 g/mol. The first-order valence-corrected chi connectivity index (χ1v) is 1.25. The lowest BCUT2D eigenvalue weighted by Crippen LogP contribution is -2.21. The van der Waals surface area contributed by atoms with E-state index in [0.717, 1.165) is 0 Å². The molecule has 0 rings (SSSR count). The molecule has 0 atom stereocenters. The summed E-state index contributed by atoms with van der Waals surface area (Å²) in [6.07, 6.45) is 1.41. The minimum absolute atomic E-state index is 0. The normalized spacial score (nSPS) is 5.00. The highest BCUT2D eigenvalue weighted by molar-refractivity contribution is 5.85. The molecule has 0 radical (unpaired) electrons. The smallest absolute Gasteiger partial charge is 0.209 e. The van der Waals surface area contributed by atoms with E-state index in [4.69, 9.17) is 16.7 Å². The van der Waals surface area contributed by atoms with E-state index < -0.39 is 0 Å². The fourth-order valence-electron chi connectivity index (χ4n) is 0.0577. The topological polar surface area (TPSA) is 88.2 Å². The second-order valence-electron chi connectivity index (χ2n) is 0.637. The molecule has 0 heterocycles. The van der Waals surface area contributed by atoms with E-state index in [-0.39, 0.29) is 18.4 Å². The fraction of sp³-hybridized carbons (Fsp3) is 0. The van der Waals surface area contributed by atoms with Crippen LogP contribution in [0.4, 0.5) is 0 Å². The van der Waals surface area contributed by atoms with Gasteiger partial charge in [0.15, 0.2) is 0 Å². The van der Waals surface area contributed by atoms with Crippen LogP contribution in [0.15, 0.2) is 4.99 Å². The van der Waals surface area contributed by atoms with Gasteiger partial charge in [-0.2, -0.15) is 5.26 Å². The first-order valence-electron chi connectivity index (χ1n) is 1.25. The van der Waals surface area contributed by atoms with Gasteiger partial charge in [-0.25, -0.2) is 0 Å². The van der Waals surface area contributed by atoms with Gasteiger partial charge in [0, 0.05) is 0 Å². The molecular weight excluding hydrogens is 116 g/mol. The summed E-state index contributed by atoms with van der Waals surface area (Å²) >= 11 is 0. The van der Waals surface area contributed by atoms with Crippen molar-refractivity contribution in [2.45, 2.75) is 0 Å². The van der Waals surface area contributed by atoms with Crippen LogP contribution >= 0.6 is 12.4 Å². The Hall–Kier alpha value is -0.950. The number of nitrogens with zero attached hydrogens (tertiary/aromatic N) is 2. The summed E-state index contributed by atoms with van der Waals surface area (Å²) in [5.74, 6) is -0.197. The number of nitriles is 1. The Morgan fingerprint density at radius 3 is 2.00 bits per heavy atom. The predicted molar refractivity (Wildman–Crippen MR) is 28.7 cm³/mol. The van der Waals surface area contributed by atoms with Crippen LogP contribution in [0, 0.1) is 11.5 Å². The SMILES string of the molecule is Cl.N#CN=C(N)N. The maximum atomic E-state index is 7.64. The van der Waals surface area contributed by atoms with Crippen molar-refractivity contribution in [2.75, 3.05) is 0 Å². The lowest BCUT2D eigenvalue weighted by molar-refractivity contribution is 1.39. The van der Waals surface area contributed by atoms with Gasteiger partial charge in [-0.05, 0) is 0 Å². The molecule has 4 nitrogen and oxygen atoms in total. The van der Waals surface area contributed by atoms with Crippen molar-refractivity contribution in [1.29, 1.82) is 5.26 Å². The van der Waals surface area contributed by atoms with E-state index in [1.807, 2.05) is 0 Å². The summed E-state index contributed by atoms with van der Waals surface area (Å²) in [5.41, 5.74) is 9.42. The van der Waals surface area contributed by atoms with Crippen molar-refractivity contribution in [3.63, 3.8) is 0 Å². The number of guanidine groups is 1. The molecule has 40 valence electrons. The van der Waals surface area contributed by atoms with E-state index in [2.05, 4.69) is 4.99 Å². The highest BCUT2D eigenvalue weighted by Gasteiger charge is 1.67. The second kappa shape index (κ2) is 5.05. The van der Waals surface area contributed by atoms with E-state index in [1.54, 1.807) is 0 Å². The Bertz CT molecular complexity index is 96.7. The van der Waals surface area contributed by atoms with Gasteiger partial charge in [0.25, 0.3) is 0 Å². The van der Waals surface area contributed by atoms with Gasteiger partial charge < -0.3 is 11.5 Å². The zero-order valence-corrected chi connectivity index (χ0v) is 4.27. The van der Waals surface area contributed by atoms with Crippen molar-refractivity contribution in [3.05, 3.63) is 0 Å². The second-order valence-corrected chi connectivity index (χ2v) is 0.637. The lowest BCUT2D eigenvalue weighted by atomic mass is 11.1. The molecule has 4 N–H and O–H groups in total. The highest BCUT2D eigenvalue weighted by Crippen LogP contribution is 1.49. The van der Waals surface area contributed by atoms with Crippen molar-refractivity contribution in [3.8, 4) is 6.19 Å². The maximum Gasteiger partial charge on any atom is 0.209 e. The number of hydrogen-bond acceptors (Lipinski definition) is 2. The first-order chi connectivity index (χ1) is 2.77. The predicted octanol–water partition coefficient (Wildman–Crippen LogP) is -0.837. The van der Waals surface area contributed by atoms with Gasteiger partial charge in [-0.15, -0.1) is 17.4 Å². The standard InChI is InChI=1S/C2H4N4.ClH/c3-1-6-2(4)5;/h(H4,4,5,6);1H. The number of nitrogens with two attached hydrogens (primary N) is 2. The molecule has 0 aromatic carbocycles. The van der Waals surface area contributed by atoms with Gasteiger partial charge in [0.05, 0.1) is 0 Å². The van der Waals surface area contributed by atoms with Gasteiger partial charge >= 0.3 is 0 Å². The van der Waals surface area contributed by atoms with Crippen molar-refractivity contribution in [1.82, 2.24) is 0 Å². The van der Waals surface area contributed by atoms with Crippen LogP contribution in [0.5, 0.6) is 0 Å². The number of halogens is 1. The molecule has 0 saturated carbocycles. The van der Waals surface area contributed by atoms with E-state index in [1.165, 1.54) is 6.19 Å². The van der Waals surface area contributed by atoms with Gasteiger partial charge in [0.2, 0.25) is 12.2 Å². The van der Waals surface area contributed by atoms with Crippen LogP contribution in [-0.2, 0) is 0 Å². The first kappa shape index (κ1) is 9.41. The summed E-state index contributed by atoms with van der Waals surface area (Å²) in [6, 6.07) is 0. The van der Waals surface area contributed by atoms with Gasteiger partial charge in [-0.3, -0.25) is 0 Å².